The van der Waals surface area contributed by atoms with Gasteiger partial charge in [0, 0.05) is 18.4 Å². The lowest BCUT2D eigenvalue weighted by Gasteiger charge is -2.14. The Bertz CT molecular complexity index is 969. The fraction of sp³-hybridized carbons (Fsp3) is 0.300. The summed E-state index contributed by atoms with van der Waals surface area (Å²) in [5.74, 6) is 1.51. The summed E-state index contributed by atoms with van der Waals surface area (Å²) >= 11 is 1.53. The maximum absolute atomic E-state index is 12.9. The van der Waals surface area contributed by atoms with Crippen LogP contribution in [0.1, 0.15) is 11.1 Å². The molecule has 0 radical (unpaired) electrons. The van der Waals surface area contributed by atoms with Crippen LogP contribution in [-0.4, -0.2) is 30.4 Å². The van der Waals surface area contributed by atoms with Crippen LogP contribution in [0.2, 0.25) is 0 Å². The van der Waals surface area contributed by atoms with E-state index in [0.29, 0.717) is 35.0 Å². The summed E-state index contributed by atoms with van der Waals surface area (Å²) in [4.78, 5) is 17.6. The Labute approximate surface area is 157 Å². The summed E-state index contributed by atoms with van der Waals surface area (Å²) in [7, 11) is 3.30. The summed E-state index contributed by atoms with van der Waals surface area (Å²) in [6.07, 6.45) is 0. The molecule has 0 saturated carbocycles. The van der Waals surface area contributed by atoms with Crippen LogP contribution in [-0.2, 0) is 17.0 Å². The molecule has 0 N–H and O–H groups in total. The molecular formula is C20H22N2O3S. The summed E-state index contributed by atoms with van der Waals surface area (Å²) in [6.45, 7) is 2.98. The minimum atomic E-state index is -0.0358. The largest absolute Gasteiger partial charge is 0.496 e. The Kier molecular flexibility index (Phi) is 5.96. The molecule has 5 nitrogen and oxygen atoms in total. The van der Waals surface area contributed by atoms with E-state index in [1.807, 2.05) is 36.4 Å². The van der Waals surface area contributed by atoms with E-state index in [0.717, 1.165) is 11.3 Å². The summed E-state index contributed by atoms with van der Waals surface area (Å²) in [5.41, 5.74) is 2.93. The quantitative estimate of drug-likeness (QED) is 0.469. The average Bonchev–Trinajstić information content (AvgIpc) is 2.66. The highest BCUT2D eigenvalue weighted by Crippen LogP contribution is 2.28. The van der Waals surface area contributed by atoms with Crippen LogP contribution in [0.3, 0.4) is 0 Å². The van der Waals surface area contributed by atoms with E-state index in [-0.39, 0.29) is 5.56 Å². The first kappa shape index (κ1) is 18.5. The number of methoxy groups -OCH3 is 2. The molecule has 0 bridgehead atoms. The van der Waals surface area contributed by atoms with Crippen LogP contribution in [0.5, 0.6) is 5.75 Å². The summed E-state index contributed by atoms with van der Waals surface area (Å²) in [6, 6.07) is 13.5. The highest BCUT2D eigenvalue weighted by molar-refractivity contribution is 7.98. The predicted octanol–water partition coefficient (Wildman–Crippen LogP) is 3.65. The van der Waals surface area contributed by atoms with Crippen molar-refractivity contribution in [2.75, 3.05) is 20.8 Å². The Morgan fingerprint density at radius 2 is 1.96 bits per heavy atom. The summed E-state index contributed by atoms with van der Waals surface area (Å²) in [5, 5.41) is 1.32. The van der Waals surface area contributed by atoms with Gasteiger partial charge in [-0.3, -0.25) is 9.36 Å². The van der Waals surface area contributed by atoms with Gasteiger partial charge in [-0.25, -0.2) is 4.98 Å². The van der Waals surface area contributed by atoms with E-state index in [2.05, 4.69) is 13.0 Å². The maximum Gasteiger partial charge on any atom is 0.262 e. The van der Waals surface area contributed by atoms with Crippen molar-refractivity contribution >= 4 is 22.7 Å². The van der Waals surface area contributed by atoms with E-state index in [1.165, 1.54) is 17.3 Å². The maximum atomic E-state index is 12.9. The van der Waals surface area contributed by atoms with E-state index in [9.17, 15) is 4.79 Å². The molecular weight excluding hydrogens is 348 g/mol. The van der Waals surface area contributed by atoms with Gasteiger partial charge in [-0.1, -0.05) is 41.6 Å². The fourth-order valence-corrected chi connectivity index (χ4v) is 3.80. The van der Waals surface area contributed by atoms with E-state index >= 15 is 0 Å². The molecule has 0 aliphatic heterocycles. The molecule has 0 spiro atoms. The fourth-order valence-electron chi connectivity index (χ4n) is 2.80. The standard InChI is InChI=1S/C20H22N2O3S/c1-14-8-9-18(25-3)15(12-14)13-26-20-21-17-7-5-4-6-16(17)19(23)22(20)10-11-24-2/h4-9,12H,10-11,13H2,1-3H3. The molecule has 3 rings (SSSR count). The predicted molar refractivity (Wildman–Crippen MR) is 105 cm³/mol. The molecule has 1 heterocycles. The lowest BCUT2D eigenvalue weighted by atomic mass is 10.1. The van der Waals surface area contributed by atoms with Crippen molar-refractivity contribution in [3.05, 3.63) is 63.9 Å². The third-order valence-electron chi connectivity index (χ3n) is 4.14. The smallest absolute Gasteiger partial charge is 0.262 e. The molecule has 0 aliphatic carbocycles. The van der Waals surface area contributed by atoms with Gasteiger partial charge in [0.2, 0.25) is 0 Å². The number of rotatable bonds is 7. The Balaban J connectivity index is 1.98. The summed E-state index contributed by atoms with van der Waals surface area (Å²) < 4.78 is 12.3. The van der Waals surface area contributed by atoms with Gasteiger partial charge in [0.05, 0.1) is 31.2 Å². The third-order valence-corrected chi connectivity index (χ3v) is 5.16. The molecule has 0 saturated heterocycles. The van der Waals surface area contributed by atoms with Crippen molar-refractivity contribution in [3.63, 3.8) is 0 Å². The van der Waals surface area contributed by atoms with Gasteiger partial charge in [-0.05, 0) is 25.1 Å². The first-order valence-electron chi connectivity index (χ1n) is 8.39. The number of fused-ring (bicyclic) bond motifs is 1. The SMILES string of the molecule is COCCn1c(SCc2cc(C)ccc2OC)nc2ccccc2c1=O. The highest BCUT2D eigenvalue weighted by Gasteiger charge is 2.13. The molecule has 0 fully saturated rings. The van der Waals surface area contributed by atoms with Crippen molar-refractivity contribution in [2.45, 2.75) is 24.4 Å². The zero-order valence-corrected chi connectivity index (χ0v) is 16.0. The van der Waals surface area contributed by atoms with Crippen molar-refractivity contribution < 1.29 is 9.47 Å². The molecule has 136 valence electrons. The number of aromatic nitrogens is 2. The van der Waals surface area contributed by atoms with Crippen LogP contribution in [0.25, 0.3) is 10.9 Å². The number of benzene rings is 2. The zero-order valence-electron chi connectivity index (χ0n) is 15.2. The van der Waals surface area contributed by atoms with Gasteiger partial charge in [0.1, 0.15) is 5.75 Å². The second kappa shape index (κ2) is 8.38. The normalized spacial score (nSPS) is 11.0. The number of hydrogen-bond donors (Lipinski definition) is 0. The molecule has 1 aromatic heterocycles. The molecule has 2 aromatic carbocycles. The number of ether oxygens (including phenoxy) is 2. The molecule has 3 aromatic rings. The van der Waals surface area contributed by atoms with Crippen molar-refractivity contribution in [1.82, 2.24) is 9.55 Å². The van der Waals surface area contributed by atoms with Crippen LogP contribution in [0.4, 0.5) is 0 Å². The van der Waals surface area contributed by atoms with Crippen LogP contribution in [0.15, 0.2) is 52.4 Å². The van der Waals surface area contributed by atoms with Crippen LogP contribution in [0, 0.1) is 6.92 Å². The van der Waals surface area contributed by atoms with Gasteiger partial charge in [0.25, 0.3) is 5.56 Å². The van der Waals surface area contributed by atoms with Gasteiger partial charge < -0.3 is 9.47 Å². The Morgan fingerprint density at radius 3 is 2.73 bits per heavy atom. The Morgan fingerprint density at radius 1 is 1.15 bits per heavy atom. The minimum absolute atomic E-state index is 0.0358. The van der Waals surface area contributed by atoms with Gasteiger partial charge in [-0.2, -0.15) is 0 Å². The number of para-hydroxylation sites is 1. The van der Waals surface area contributed by atoms with Gasteiger partial charge >= 0.3 is 0 Å². The second-order valence-corrected chi connectivity index (χ2v) is 6.91. The third kappa shape index (κ3) is 3.92. The van der Waals surface area contributed by atoms with E-state index < -0.39 is 0 Å². The van der Waals surface area contributed by atoms with Crippen molar-refractivity contribution in [2.24, 2.45) is 0 Å². The first-order valence-corrected chi connectivity index (χ1v) is 9.37. The lowest BCUT2D eigenvalue weighted by Crippen LogP contribution is -2.25. The molecule has 0 amide bonds. The molecule has 0 atom stereocenters. The highest BCUT2D eigenvalue weighted by atomic mass is 32.2. The number of hydrogen-bond acceptors (Lipinski definition) is 5. The second-order valence-electron chi connectivity index (χ2n) is 5.97. The average molecular weight is 370 g/mol. The Hall–Kier alpha value is -2.31. The number of nitrogens with zero attached hydrogens (tertiary/aromatic N) is 2. The molecule has 0 unspecified atom stereocenters. The van der Waals surface area contributed by atoms with E-state index in [1.54, 1.807) is 18.8 Å². The number of aryl methyl sites for hydroxylation is 1. The van der Waals surface area contributed by atoms with E-state index in [4.69, 9.17) is 14.5 Å². The molecule has 26 heavy (non-hydrogen) atoms. The number of thioether (sulfide) groups is 1. The van der Waals surface area contributed by atoms with Gasteiger partial charge in [-0.15, -0.1) is 0 Å². The lowest BCUT2D eigenvalue weighted by molar-refractivity contribution is 0.183. The van der Waals surface area contributed by atoms with Crippen molar-refractivity contribution in [3.8, 4) is 5.75 Å². The topological polar surface area (TPSA) is 53.4 Å². The minimum Gasteiger partial charge on any atom is -0.496 e. The first-order chi connectivity index (χ1) is 12.6. The molecule has 0 aliphatic rings. The molecule has 6 heteroatoms. The van der Waals surface area contributed by atoms with Crippen molar-refractivity contribution in [1.29, 1.82) is 0 Å². The zero-order chi connectivity index (χ0) is 18.5. The van der Waals surface area contributed by atoms with Crippen LogP contribution < -0.4 is 10.3 Å². The van der Waals surface area contributed by atoms with Gasteiger partial charge in [0.15, 0.2) is 5.16 Å². The monoisotopic (exact) mass is 370 g/mol. The van der Waals surface area contributed by atoms with Crippen LogP contribution >= 0.6 is 11.8 Å².